The molecule has 2 N–H and O–H groups in total. The van der Waals surface area contributed by atoms with E-state index in [1.54, 1.807) is 37.3 Å². The Morgan fingerprint density at radius 3 is 2.34 bits per heavy atom. The Labute approximate surface area is 173 Å². The lowest BCUT2D eigenvalue weighted by molar-refractivity contribution is -0.118. The van der Waals surface area contributed by atoms with Crippen LogP contribution in [0.1, 0.15) is 39.3 Å². The topological polar surface area (TPSA) is 58.2 Å². The lowest BCUT2D eigenvalue weighted by Gasteiger charge is -2.16. The van der Waals surface area contributed by atoms with E-state index in [4.69, 9.17) is 0 Å². The predicted octanol–water partition coefficient (Wildman–Crippen LogP) is 4.84. The maximum absolute atomic E-state index is 13.1. The number of nitrogens with one attached hydrogen (secondary N) is 2. The van der Waals surface area contributed by atoms with Crippen LogP contribution in [0.5, 0.6) is 0 Å². The molecule has 0 aliphatic heterocycles. The van der Waals surface area contributed by atoms with Crippen molar-refractivity contribution in [1.29, 1.82) is 0 Å². The summed E-state index contributed by atoms with van der Waals surface area (Å²) < 4.78 is 13.1. The van der Waals surface area contributed by atoms with Gasteiger partial charge in [0.1, 0.15) is 11.5 Å². The molecule has 6 heteroatoms. The van der Waals surface area contributed by atoms with Gasteiger partial charge in [-0.2, -0.15) is 0 Å². The molecule has 0 aliphatic carbocycles. The molecule has 0 saturated heterocycles. The first kappa shape index (κ1) is 20.5. The van der Waals surface area contributed by atoms with Gasteiger partial charge in [-0.15, -0.1) is 11.3 Å². The van der Waals surface area contributed by atoms with Crippen molar-refractivity contribution in [2.24, 2.45) is 0 Å². The zero-order valence-electron chi connectivity index (χ0n) is 16.1. The van der Waals surface area contributed by atoms with Crippen molar-refractivity contribution in [3.05, 3.63) is 99.1 Å². The van der Waals surface area contributed by atoms with Gasteiger partial charge >= 0.3 is 0 Å². The van der Waals surface area contributed by atoms with Crippen molar-refractivity contribution in [3.8, 4) is 0 Å². The summed E-state index contributed by atoms with van der Waals surface area (Å²) in [6.45, 7) is 3.74. The number of carbonyl (C=O) groups excluding carboxylic acids is 2. The van der Waals surface area contributed by atoms with Gasteiger partial charge in [-0.05, 0) is 61.2 Å². The summed E-state index contributed by atoms with van der Waals surface area (Å²) in [5.41, 5.74) is 2.42. The van der Waals surface area contributed by atoms with Crippen LogP contribution in [0.4, 0.5) is 4.39 Å². The molecule has 0 aliphatic rings. The fourth-order valence-corrected chi connectivity index (χ4v) is 3.34. The molecule has 29 heavy (non-hydrogen) atoms. The molecule has 3 aromatic rings. The van der Waals surface area contributed by atoms with E-state index in [1.807, 2.05) is 36.6 Å². The summed E-state index contributed by atoms with van der Waals surface area (Å²) in [5, 5.41) is 7.46. The summed E-state index contributed by atoms with van der Waals surface area (Å²) in [6.07, 6.45) is 1.64. The molecule has 1 aromatic heterocycles. The summed E-state index contributed by atoms with van der Waals surface area (Å²) in [4.78, 5) is 26.3. The van der Waals surface area contributed by atoms with E-state index in [2.05, 4.69) is 10.6 Å². The second-order valence-electron chi connectivity index (χ2n) is 6.64. The minimum atomic E-state index is -0.421. The number of thiophene rings is 1. The van der Waals surface area contributed by atoms with E-state index in [0.717, 1.165) is 16.0 Å². The smallest absolute Gasteiger partial charge is 0.268 e. The Bertz CT molecular complexity index is 1010. The molecule has 4 nitrogen and oxygen atoms in total. The molecular weight excluding hydrogens is 387 g/mol. The third-order valence-corrected chi connectivity index (χ3v) is 5.17. The molecule has 2 amide bonds. The molecule has 2 aromatic carbocycles. The van der Waals surface area contributed by atoms with Crippen molar-refractivity contribution in [1.82, 2.24) is 10.6 Å². The number of hydrogen-bond donors (Lipinski definition) is 2. The van der Waals surface area contributed by atoms with Crippen molar-refractivity contribution in [3.63, 3.8) is 0 Å². The summed E-state index contributed by atoms with van der Waals surface area (Å²) in [5.74, 6) is -1.12. The van der Waals surface area contributed by atoms with Crippen molar-refractivity contribution < 1.29 is 14.0 Å². The van der Waals surface area contributed by atoms with Crippen molar-refractivity contribution in [2.75, 3.05) is 0 Å². The lowest BCUT2D eigenvalue weighted by Crippen LogP contribution is -2.36. The molecule has 3 rings (SSSR count). The molecule has 0 saturated carbocycles. The number of benzene rings is 2. The second kappa shape index (κ2) is 9.30. The molecule has 0 fully saturated rings. The molecular formula is C23H21FN2O2S. The van der Waals surface area contributed by atoms with Crippen LogP contribution < -0.4 is 10.6 Å². The summed E-state index contributed by atoms with van der Waals surface area (Å²) >= 11 is 1.46. The van der Waals surface area contributed by atoms with Crippen LogP contribution >= 0.6 is 11.3 Å². The molecule has 1 atom stereocenters. The highest BCUT2D eigenvalue weighted by Gasteiger charge is 2.17. The van der Waals surface area contributed by atoms with Crippen LogP contribution in [0.15, 0.2) is 71.7 Å². The van der Waals surface area contributed by atoms with Crippen LogP contribution in [0.25, 0.3) is 6.08 Å². The minimum absolute atomic E-state index is 0.145. The first-order chi connectivity index (χ1) is 13.9. The number of halogens is 1. The van der Waals surface area contributed by atoms with Gasteiger partial charge < -0.3 is 10.6 Å². The highest BCUT2D eigenvalue weighted by molar-refractivity contribution is 7.10. The minimum Gasteiger partial charge on any atom is -0.344 e. The first-order valence-electron chi connectivity index (χ1n) is 9.12. The number of rotatable bonds is 6. The SMILES string of the molecule is Cc1ccc(C(=O)N/C(=C\c2cccs2)C(=O)NC(C)c2ccc(F)cc2)cc1. The van der Waals surface area contributed by atoms with E-state index in [9.17, 15) is 14.0 Å². The Kier molecular flexibility index (Phi) is 6.57. The number of carbonyl (C=O) groups is 2. The largest absolute Gasteiger partial charge is 0.344 e. The van der Waals surface area contributed by atoms with Gasteiger partial charge in [-0.3, -0.25) is 9.59 Å². The van der Waals surface area contributed by atoms with Crippen LogP contribution in [-0.4, -0.2) is 11.8 Å². The third kappa shape index (κ3) is 5.62. The Morgan fingerprint density at radius 1 is 1.03 bits per heavy atom. The van der Waals surface area contributed by atoms with Gasteiger partial charge in [0.15, 0.2) is 0 Å². The van der Waals surface area contributed by atoms with Gasteiger partial charge in [-0.1, -0.05) is 35.9 Å². The molecule has 0 spiro atoms. The van der Waals surface area contributed by atoms with Crippen LogP contribution in [0, 0.1) is 12.7 Å². The molecule has 0 radical (unpaired) electrons. The summed E-state index contributed by atoms with van der Waals surface area (Å²) in [7, 11) is 0. The fourth-order valence-electron chi connectivity index (χ4n) is 2.68. The maximum atomic E-state index is 13.1. The van der Waals surface area contributed by atoms with Gasteiger partial charge in [0.05, 0.1) is 6.04 Å². The maximum Gasteiger partial charge on any atom is 0.268 e. The van der Waals surface area contributed by atoms with Gasteiger partial charge in [0.25, 0.3) is 11.8 Å². The van der Waals surface area contributed by atoms with E-state index in [-0.39, 0.29) is 23.5 Å². The monoisotopic (exact) mass is 408 g/mol. The Balaban J connectivity index is 1.79. The van der Waals surface area contributed by atoms with Crippen LogP contribution in [-0.2, 0) is 4.79 Å². The van der Waals surface area contributed by atoms with Gasteiger partial charge in [-0.25, -0.2) is 4.39 Å². The van der Waals surface area contributed by atoms with Crippen molar-refractivity contribution >= 4 is 29.2 Å². The van der Waals surface area contributed by atoms with Gasteiger partial charge in [0.2, 0.25) is 0 Å². The molecule has 0 bridgehead atoms. The zero-order chi connectivity index (χ0) is 20.8. The third-order valence-electron chi connectivity index (χ3n) is 4.35. The van der Waals surface area contributed by atoms with E-state index in [0.29, 0.717) is 5.56 Å². The van der Waals surface area contributed by atoms with E-state index >= 15 is 0 Å². The van der Waals surface area contributed by atoms with Crippen LogP contribution in [0.2, 0.25) is 0 Å². The standard InChI is InChI=1S/C23H21FN2O2S/c1-15-5-7-18(8-6-15)22(27)26-21(14-20-4-3-13-29-20)23(28)25-16(2)17-9-11-19(24)12-10-17/h3-14,16H,1-2H3,(H,25,28)(H,26,27)/b21-14-. The Hall–Kier alpha value is -3.25. The highest BCUT2D eigenvalue weighted by atomic mass is 32.1. The quantitative estimate of drug-likeness (QED) is 0.573. The first-order valence-corrected chi connectivity index (χ1v) is 10.00. The number of amides is 2. The molecule has 1 unspecified atom stereocenters. The lowest BCUT2D eigenvalue weighted by atomic mass is 10.1. The van der Waals surface area contributed by atoms with E-state index < -0.39 is 5.91 Å². The second-order valence-corrected chi connectivity index (χ2v) is 7.62. The van der Waals surface area contributed by atoms with E-state index in [1.165, 1.54) is 23.5 Å². The number of hydrogen-bond acceptors (Lipinski definition) is 3. The molecule has 148 valence electrons. The fraction of sp³-hybridized carbons (Fsp3) is 0.130. The zero-order valence-corrected chi connectivity index (χ0v) is 16.9. The van der Waals surface area contributed by atoms with Crippen molar-refractivity contribution in [2.45, 2.75) is 19.9 Å². The Morgan fingerprint density at radius 2 is 1.72 bits per heavy atom. The van der Waals surface area contributed by atoms with Gasteiger partial charge in [0, 0.05) is 10.4 Å². The normalized spacial score (nSPS) is 12.3. The average Bonchev–Trinajstić information content (AvgIpc) is 3.21. The highest BCUT2D eigenvalue weighted by Crippen LogP contribution is 2.16. The molecule has 1 heterocycles. The summed E-state index contributed by atoms with van der Waals surface area (Å²) in [6, 6.07) is 16.4. The van der Waals surface area contributed by atoms with Crippen LogP contribution in [0.3, 0.4) is 0 Å². The number of aryl methyl sites for hydroxylation is 1. The predicted molar refractivity (Wildman–Crippen MR) is 114 cm³/mol. The average molecular weight is 408 g/mol.